The fourth-order valence-electron chi connectivity index (χ4n) is 3.81. The number of carbonyl (C=O) groups excluding carboxylic acids is 1. The molecule has 1 N–H and O–H groups in total. The number of hydrogen-bond donors (Lipinski definition) is 1. The minimum Gasteiger partial charge on any atom is -0.329 e. The van der Waals surface area contributed by atoms with E-state index in [4.69, 9.17) is 0 Å². The van der Waals surface area contributed by atoms with Gasteiger partial charge in [0.15, 0.2) is 0 Å². The van der Waals surface area contributed by atoms with Crippen molar-refractivity contribution >= 4 is 21.6 Å². The Morgan fingerprint density at radius 3 is 2.28 bits per heavy atom. The summed E-state index contributed by atoms with van der Waals surface area (Å²) in [5, 5.41) is 0. The van der Waals surface area contributed by atoms with Crippen molar-refractivity contribution in [1.82, 2.24) is 9.80 Å². The summed E-state index contributed by atoms with van der Waals surface area (Å²) >= 11 is 0. The van der Waals surface area contributed by atoms with Crippen LogP contribution in [0, 0.1) is 5.82 Å². The summed E-state index contributed by atoms with van der Waals surface area (Å²) in [7, 11) is -1.96. The predicted molar refractivity (Wildman–Crippen MR) is 121 cm³/mol. The topological polar surface area (TPSA) is 69.7 Å². The first-order valence-corrected chi connectivity index (χ1v) is 11.8. The van der Waals surface area contributed by atoms with Crippen LogP contribution in [0.5, 0.6) is 0 Å². The van der Waals surface area contributed by atoms with Crippen LogP contribution in [0.25, 0.3) is 0 Å². The van der Waals surface area contributed by atoms with E-state index in [2.05, 4.69) is 9.62 Å². The van der Waals surface area contributed by atoms with Gasteiger partial charge in [-0.05, 0) is 49.0 Å². The lowest BCUT2D eigenvalue weighted by molar-refractivity contribution is 0.0498. The van der Waals surface area contributed by atoms with Crippen molar-refractivity contribution in [3.05, 3.63) is 95.8 Å². The molecule has 0 aromatic heterocycles. The van der Waals surface area contributed by atoms with Gasteiger partial charge in [-0.15, -0.1) is 0 Å². The molecule has 1 fully saturated rings. The van der Waals surface area contributed by atoms with E-state index in [1.807, 2.05) is 42.3 Å². The van der Waals surface area contributed by atoms with Crippen molar-refractivity contribution in [3.8, 4) is 0 Å². The molecular formula is C24H24FN3O3S. The third-order valence-electron chi connectivity index (χ3n) is 5.56. The number of hydrogen-bond acceptors (Lipinski definition) is 4. The predicted octanol–water partition coefficient (Wildman–Crippen LogP) is 3.76. The molecule has 0 bridgehead atoms. The quantitative estimate of drug-likeness (QED) is 0.639. The molecule has 1 amide bonds. The third-order valence-corrected chi connectivity index (χ3v) is 6.94. The molecule has 6 nitrogen and oxygen atoms in total. The van der Waals surface area contributed by atoms with Crippen molar-refractivity contribution in [3.63, 3.8) is 0 Å². The standard InChI is InChI=1S/C24H24FN3O3S/c1-27-15-16-28(23(17-27)18-7-3-2-4-8-18)24(29)19-11-13-20(14-12-19)32(30,31)26-22-10-6-5-9-21(22)25/h2-14,23,26H,15-17H2,1H3. The van der Waals surface area contributed by atoms with Crippen molar-refractivity contribution in [2.24, 2.45) is 0 Å². The Bertz CT molecular complexity index is 1200. The second kappa shape index (κ2) is 9.10. The first-order valence-electron chi connectivity index (χ1n) is 10.3. The van der Waals surface area contributed by atoms with E-state index in [-0.39, 0.29) is 22.5 Å². The van der Waals surface area contributed by atoms with Gasteiger partial charge in [0, 0.05) is 25.2 Å². The summed E-state index contributed by atoms with van der Waals surface area (Å²) in [6, 6.07) is 21.1. The van der Waals surface area contributed by atoms with Crippen molar-refractivity contribution < 1.29 is 17.6 Å². The van der Waals surface area contributed by atoms with Gasteiger partial charge in [0.1, 0.15) is 5.82 Å². The lowest BCUT2D eigenvalue weighted by Crippen LogP contribution is -2.49. The molecule has 1 aliphatic heterocycles. The molecule has 1 unspecified atom stereocenters. The number of anilines is 1. The number of sulfonamides is 1. The Hall–Kier alpha value is -3.23. The lowest BCUT2D eigenvalue weighted by atomic mass is 10.0. The number of carbonyl (C=O) groups is 1. The van der Waals surface area contributed by atoms with E-state index < -0.39 is 15.8 Å². The average molecular weight is 454 g/mol. The number of nitrogens with one attached hydrogen (secondary N) is 1. The average Bonchev–Trinajstić information content (AvgIpc) is 2.81. The molecule has 0 spiro atoms. The molecule has 3 aromatic carbocycles. The fraction of sp³-hybridized carbons (Fsp3) is 0.208. The molecule has 32 heavy (non-hydrogen) atoms. The molecule has 1 aliphatic rings. The minimum absolute atomic E-state index is 0.0460. The second-order valence-corrected chi connectivity index (χ2v) is 9.48. The Kier molecular flexibility index (Phi) is 6.25. The van der Waals surface area contributed by atoms with E-state index in [0.717, 1.165) is 18.7 Å². The zero-order valence-corrected chi connectivity index (χ0v) is 18.4. The smallest absolute Gasteiger partial charge is 0.261 e. The molecular weight excluding hydrogens is 429 g/mol. The summed E-state index contributed by atoms with van der Waals surface area (Å²) in [5.41, 5.74) is 1.33. The molecule has 1 saturated heterocycles. The summed E-state index contributed by atoms with van der Waals surface area (Å²) in [5.74, 6) is -0.817. The van der Waals surface area contributed by atoms with Crippen LogP contribution in [0.1, 0.15) is 22.0 Å². The van der Waals surface area contributed by atoms with E-state index in [1.54, 1.807) is 6.07 Å². The van der Waals surface area contributed by atoms with Gasteiger partial charge in [-0.2, -0.15) is 0 Å². The molecule has 0 radical (unpaired) electrons. The monoisotopic (exact) mass is 453 g/mol. The Labute approximate surface area is 187 Å². The Morgan fingerprint density at radius 1 is 0.938 bits per heavy atom. The van der Waals surface area contributed by atoms with Gasteiger partial charge in [-0.3, -0.25) is 9.52 Å². The number of nitrogens with zero attached hydrogens (tertiary/aromatic N) is 2. The normalized spacial score (nSPS) is 17.2. The molecule has 0 saturated carbocycles. The molecule has 8 heteroatoms. The number of amides is 1. The highest BCUT2D eigenvalue weighted by Crippen LogP contribution is 2.27. The van der Waals surface area contributed by atoms with Crippen LogP contribution in [0.2, 0.25) is 0 Å². The van der Waals surface area contributed by atoms with E-state index in [0.29, 0.717) is 12.1 Å². The van der Waals surface area contributed by atoms with Gasteiger partial charge in [0.25, 0.3) is 15.9 Å². The molecule has 3 aromatic rings. The van der Waals surface area contributed by atoms with Crippen LogP contribution >= 0.6 is 0 Å². The lowest BCUT2D eigenvalue weighted by Gasteiger charge is -2.40. The maximum Gasteiger partial charge on any atom is 0.261 e. The first kappa shape index (κ1) is 22.0. The highest BCUT2D eigenvalue weighted by atomic mass is 32.2. The Balaban J connectivity index is 1.55. The van der Waals surface area contributed by atoms with Crippen molar-refractivity contribution in [2.45, 2.75) is 10.9 Å². The zero-order chi connectivity index (χ0) is 22.7. The van der Waals surface area contributed by atoms with Crippen molar-refractivity contribution in [1.29, 1.82) is 0 Å². The van der Waals surface area contributed by atoms with Crippen LogP contribution in [-0.2, 0) is 10.0 Å². The summed E-state index contributed by atoms with van der Waals surface area (Å²) in [4.78, 5) is 17.2. The summed E-state index contributed by atoms with van der Waals surface area (Å²) in [6.07, 6.45) is 0. The number of likely N-dealkylation sites (N-methyl/N-ethyl adjacent to an activating group) is 1. The Morgan fingerprint density at radius 2 is 1.59 bits per heavy atom. The highest BCUT2D eigenvalue weighted by molar-refractivity contribution is 7.92. The fourth-order valence-corrected chi connectivity index (χ4v) is 4.88. The molecule has 1 heterocycles. The van der Waals surface area contributed by atoms with E-state index in [1.165, 1.54) is 42.5 Å². The maximum absolute atomic E-state index is 13.8. The number of para-hydroxylation sites is 1. The van der Waals surface area contributed by atoms with Crippen molar-refractivity contribution in [2.75, 3.05) is 31.4 Å². The number of piperazine rings is 1. The summed E-state index contributed by atoms with van der Waals surface area (Å²) in [6.45, 7) is 2.05. The summed E-state index contributed by atoms with van der Waals surface area (Å²) < 4.78 is 41.3. The van der Waals surface area contributed by atoms with Gasteiger partial charge >= 0.3 is 0 Å². The van der Waals surface area contributed by atoms with Crippen LogP contribution in [0.3, 0.4) is 0 Å². The zero-order valence-electron chi connectivity index (χ0n) is 17.6. The number of rotatable bonds is 5. The van der Waals surface area contributed by atoms with Crippen LogP contribution in [-0.4, -0.2) is 50.8 Å². The first-order chi connectivity index (χ1) is 15.3. The molecule has 1 atom stereocenters. The van der Waals surface area contributed by atoms with Gasteiger partial charge in [-0.1, -0.05) is 42.5 Å². The van der Waals surface area contributed by atoms with E-state index >= 15 is 0 Å². The SMILES string of the molecule is CN1CCN(C(=O)c2ccc(S(=O)(=O)Nc3ccccc3F)cc2)C(c2ccccc2)C1. The molecule has 166 valence electrons. The van der Waals surface area contributed by atoms with Gasteiger partial charge in [0.2, 0.25) is 0 Å². The maximum atomic E-state index is 13.8. The van der Waals surface area contributed by atoms with Gasteiger partial charge in [0.05, 0.1) is 16.6 Å². The third kappa shape index (κ3) is 4.66. The minimum atomic E-state index is -3.99. The van der Waals surface area contributed by atoms with Gasteiger partial charge in [-0.25, -0.2) is 12.8 Å². The largest absolute Gasteiger partial charge is 0.329 e. The highest BCUT2D eigenvalue weighted by Gasteiger charge is 2.31. The molecule has 0 aliphatic carbocycles. The number of benzene rings is 3. The van der Waals surface area contributed by atoms with Gasteiger partial charge < -0.3 is 9.80 Å². The van der Waals surface area contributed by atoms with Crippen LogP contribution < -0.4 is 4.72 Å². The van der Waals surface area contributed by atoms with Crippen LogP contribution in [0.4, 0.5) is 10.1 Å². The van der Waals surface area contributed by atoms with E-state index in [9.17, 15) is 17.6 Å². The molecule has 4 rings (SSSR count). The second-order valence-electron chi connectivity index (χ2n) is 7.80. The number of halogens is 1. The van der Waals surface area contributed by atoms with Crippen LogP contribution in [0.15, 0.2) is 83.8 Å².